The Labute approximate surface area is 127 Å². The predicted molar refractivity (Wildman–Crippen MR) is 84.4 cm³/mol. The van der Waals surface area contributed by atoms with Gasteiger partial charge >= 0.3 is 0 Å². The molecule has 3 rings (SSSR count). The molecule has 0 fully saturated rings. The van der Waals surface area contributed by atoms with Crippen molar-refractivity contribution in [3.8, 4) is 5.82 Å². The Morgan fingerprint density at radius 1 is 0.955 bits per heavy atom. The van der Waals surface area contributed by atoms with Crippen LogP contribution in [0.5, 0.6) is 0 Å². The van der Waals surface area contributed by atoms with E-state index in [2.05, 4.69) is 4.98 Å². The van der Waals surface area contributed by atoms with Gasteiger partial charge in [-0.3, -0.25) is 14.2 Å². The molecule has 0 spiro atoms. The molecule has 4 nitrogen and oxygen atoms in total. The molecule has 0 aliphatic heterocycles. The molecule has 4 heteroatoms. The maximum atomic E-state index is 12.7. The molecule has 0 bridgehead atoms. The van der Waals surface area contributed by atoms with Gasteiger partial charge in [-0.2, -0.15) is 0 Å². The van der Waals surface area contributed by atoms with Crippen molar-refractivity contribution in [3.63, 3.8) is 0 Å². The Kier molecular flexibility index (Phi) is 3.66. The van der Waals surface area contributed by atoms with Crippen LogP contribution in [0.25, 0.3) is 5.82 Å². The average Bonchev–Trinajstić information content (AvgIpc) is 2.55. The van der Waals surface area contributed by atoms with E-state index in [1.54, 1.807) is 48.7 Å². The first-order valence-corrected chi connectivity index (χ1v) is 6.91. The third kappa shape index (κ3) is 2.59. The Balaban J connectivity index is 2.16. The van der Waals surface area contributed by atoms with Crippen LogP contribution < -0.4 is 5.56 Å². The second kappa shape index (κ2) is 5.77. The van der Waals surface area contributed by atoms with Crippen molar-refractivity contribution < 1.29 is 4.79 Å². The summed E-state index contributed by atoms with van der Waals surface area (Å²) in [6, 6.07) is 17.2. The van der Waals surface area contributed by atoms with Gasteiger partial charge in [0.15, 0.2) is 0 Å². The van der Waals surface area contributed by atoms with E-state index in [0.29, 0.717) is 17.1 Å². The van der Waals surface area contributed by atoms with Gasteiger partial charge in [0.1, 0.15) is 5.82 Å². The summed E-state index contributed by atoms with van der Waals surface area (Å²) in [5.41, 5.74) is 1.64. The summed E-state index contributed by atoms with van der Waals surface area (Å²) < 4.78 is 1.34. The number of ketones is 1. The molecule has 0 saturated heterocycles. The highest BCUT2D eigenvalue weighted by atomic mass is 16.1. The number of carbonyl (C=O) groups is 1. The van der Waals surface area contributed by atoms with Gasteiger partial charge in [-0.05, 0) is 25.1 Å². The van der Waals surface area contributed by atoms with Gasteiger partial charge in [0, 0.05) is 17.8 Å². The van der Waals surface area contributed by atoms with Crippen molar-refractivity contribution in [2.75, 3.05) is 0 Å². The molecule has 3 aromatic rings. The SMILES string of the molecule is Cc1ccc(C(=O)c2cccc(=O)n2-c2ccccn2)cc1. The van der Waals surface area contributed by atoms with Crippen LogP contribution in [0.15, 0.2) is 71.7 Å². The maximum Gasteiger partial charge on any atom is 0.256 e. The van der Waals surface area contributed by atoms with E-state index in [1.165, 1.54) is 10.6 Å². The number of aromatic nitrogens is 2. The smallest absolute Gasteiger partial charge is 0.256 e. The van der Waals surface area contributed by atoms with Crippen LogP contribution in [0.1, 0.15) is 21.6 Å². The first-order valence-electron chi connectivity index (χ1n) is 6.91. The van der Waals surface area contributed by atoms with E-state index in [-0.39, 0.29) is 11.3 Å². The summed E-state index contributed by atoms with van der Waals surface area (Å²) in [6.07, 6.45) is 1.59. The van der Waals surface area contributed by atoms with Crippen molar-refractivity contribution >= 4 is 5.78 Å². The molecule has 0 unspecified atom stereocenters. The summed E-state index contributed by atoms with van der Waals surface area (Å²) in [4.78, 5) is 29.1. The highest BCUT2D eigenvalue weighted by molar-refractivity contribution is 6.08. The van der Waals surface area contributed by atoms with Gasteiger partial charge in [-0.25, -0.2) is 4.98 Å². The molecular formula is C18H14N2O2. The Morgan fingerprint density at radius 2 is 1.73 bits per heavy atom. The predicted octanol–water partition coefficient (Wildman–Crippen LogP) is 2.77. The molecular weight excluding hydrogens is 276 g/mol. The number of benzene rings is 1. The third-order valence-corrected chi connectivity index (χ3v) is 3.38. The van der Waals surface area contributed by atoms with E-state index in [0.717, 1.165) is 5.56 Å². The number of hydrogen-bond acceptors (Lipinski definition) is 3. The molecule has 0 aliphatic carbocycles. The summed E-state index contributed by atoms with van der Waals surface area (Å²) in [5, 5.41) is 0. The molecule has 108 valence electrons. The molecule has 0 N–H and O–H groups in total. The quantitative estimate of drug-likeness (QED) is 0.697. The Hall–Kier alpha value is -3.01. The van der Waals surface area contributed by atoms with Gasteiger partial charge in [-0.15, -0.1) is 0 Å². The highest BCUT2D eigenvalue weighted by Crippen LogP contribution is 2.12. The molecule has 2 aromatic heterocycles. The number of rotatable bonds is 3. The van der Waals surface area contributed by atoms with Gasteiger partial charge in [0.25, 0.3) is 5.56 Å². The van der Waals surface area contributed by atoms with Crippen LogP contribution in [0.2, 0.25) is 0 Å². The largest absolute Gasteiger partial charge is 0.287 e. The Bertz CT molecular complexity index is 866. The lowest BCUT2D eigenvalue weighted by Crippen LogP contribution is -2.24. The average molecular weight is 290 g/mol. The summed E-state index contributed by atoms with van der Waals surface area (Å²) in [5.74, 6) is 0.229. The number of pyridine rings is 2. The fourth-order valence-corrected chi connectivity index (χ4v) is 2.24. The zero-order valence-electron chi connectivity index (χ0n) is 12.1. The molecule has 1 aromatic carbocycles. The number of aryl methyl sites for hydroxylation is 1. The monoisotopic (exact) mass is 290 g/mol. The van der Waals surface area contributed by atoms with Crippen molar-refractivity contribution in [2.45, 2.75) is 6.92 Å². The van der Waals surface area contributed by atoms with E-state index >= 15 is 0 Å². The van der Waals surface area contributed by atoms with Gasteiger partial charge in [0.2, 0.25) is 5.78 Å². The molecule has 0 aliphatic rings. The van der Waals surface area contributed by atoms with Crippen molar-refractivity contribution in [3.05, 3.63) is 94.0 Å². The van der Waals surface area contributed by atoms with Crippen molar-refractivity contribution in [2.24, 2.45) is 0 Å². The molecule has 0 amide bonds. The van der Waals surface area contributed by atoms with E-state index < -0.39 is 0 Å². The lowest BCUT2D eigenvalue weighted by atomic mass is 10.1. The normalized spacial score (nSPS) is 10.4. The summed E-state index contributed by atoms with van der Waals surface area (Å²) in [7, 11) is 0. The van der Waals surface area contributed by atoms with E-state index in [1.807, 2.05) is 19.1 Å². The number of carbonyl (C=O) groups excluding carboxylic acids is 1. The molecule has 0 saturated carbocycles. The lowest BCUT2D eigenvalue weighted by Gasteiger charge is -2.11. The van der Waals surface area contributed by atoms with Crippen LogP contribution in [0.4, 0.5) is 0 Å². The van der Waals surface area contributed by atoms with Crippen LogP contribution in [0.3, 0.4) is 0 Å². The maximum absolute atomic E-state index is 12.7. The molecule has 2 heterocycles. The first kappa shape index (κ1) is 13.9. The Morgan fingerprint density at radius 3 is 2.41 bits per heavy atom. The standard InChI is InChI=1S/C18H14N2O2/c1-13-8-10-14(11-9-13)18(22)15-5-4-7-17(21)20(15)16-6-2-3-12-19-16/h2-12H,1H3. The van der Waals surface area contributed by atoms with Gasteiger partial charge < -0.3 is 0 Å². The second-order valence-corrected chi connectivity index (χ2v) is 4.97. The minimum Gasteiger partial charge on any atom is -0.287 e. The van der Waals surface area contributed by atoms with E-state index in [4.69, 9.17) is 0 Å². The first-order chi connectivity index (χ1) is 10.7. The minimum absolute atomic E-state index is 0.205. The lowest BCUT2D eigenvalue weighted by molar-refractivity contribution is 0.103. The molecule has 0 radical (unpaired) electrons. The fraction of sp³-hybridized carbons (Fsp3) is 0.0556. The minimum atomic E-state index is -0.281. The van der Waals surface area contributed by atoms with Gasteiger partial charge in [0.05, 0.1) is 5.69 Å². The van der Waals surface area contributed by atoms with Crippen LogP contribution in [0, 0.1) is 6.92 Å². The second-order valence-electron chi connectivity index (χ2n) is 4.97. The van der Waals surface area contributed by atoms with Gasteiger partial charge in [-0.1, -0.05) is 42.0 Å². The van der Waals surface area contributed by atoms with Crippen LogP contribution in [-0.2, 0) is 0 Å². The van der Waals surface area contributed by atoms with Crippen molar-refractivity contribution in [1.29, 1.82) is 0 Å². The van der Waals surface area contributed by atoms with Crippen LogP contribution >= 0.6 is 0 Å². The molecule has 0 atom stereocenters. The van der Waals surface area contributed by atoms with Crippen LogP contribution in [-0.4, -0.2) is 15.3 Å². The molecule has 22 heavy (non-hydrogen) atoms. The zero-order chi connectivity index (χ0) is 15.5. The number of nitrogens with zero attached hydrogens (tertiary/aromatic N) is 2. The highest BCUT2D eigenvalue weighted by Gasteiger charge is 2.15. The zero-order valence-corrected chi connectivity index (χ0v) is 12.1. The number of hydrogen-bond donors (Lipinski definition) is 0. The van der Waals surface area contributed by atoms with E-state index in [9.17, 15) is 9.59 Å². The topological polar surface area (TPSA) is 52.0 Å². The summed E-state index contributed by atoms with van der Waals surface area (Å²) >= 11 is 0. The summed E-state index contributed by atoms with van der Waals surface area (Å²) in [6.45, 7) is 1.96. The van der Waals surface area contributed by atoms with Crippen molar-refractivity contribution in [1.82, 2.24) is 9.55 Å². The third-order valence-electron chi connectivity index (χ3n) is 3.38. The fourth-order valence-electron chi connectivity index (χ4n) is 2.24.